The standard InChI is InChI=1S/C13H9FINO2/c14-8-1-4-10(5-2-8)16-12-7-9(15)3-6-11(12)13(17)18/h1-7,16H,(H,17,18). The molecule has 0 saturated heterocycles. The van der Waals surface area contributed by atoms with Crippen molar-refractivity contribution >= 4 is 39.9 Å². The topological polar surface area (TPSA) is 49.3 Å². The molecule has 3 nitrogen and oxygen atoms in total. The van der Waals surface area contributed by atoms with Crippen LogP contribution >= 0.6 is 22.6 Å². The lowest BCUT2D eigenvalue weighted by atomic mass is 10.1. The first-order chi connectivity index (χ1) is 8.56. The van der Waals surface area contributed by atoms with Gasteiger partial charge in [0.2, 0.25) is 0 Å². The van der Waals surface area contributed by atoms with Crippen LogP contribution in [0.1, 0.15) is 10.4 Å². The zero-order chi connectivity index (χ0) is 13.1. The molecule has 0 amide bonds. The molecule has 0 aromatic heterocycles. The van der Waals surface area contributed by atoms with E-state index in [9.17, 15) is 9.18 Å². The van der Waals surface area contributed by atoms with Crippen molar-refractivity contribution in [3.8, 4) is 0 Å². The summed E-state index contributed by atoms with van der Waals surface area (Å²) in [5.74, 6) is -1.34. The number of halogens is 2. The second-order valence-corrected chi connectivity index (χ2v) is 4.87. The average Bonchev–Trinajstić information content (AvgIpc) is 2.32. The van der Waals surface area contributed by atoms with Crippen molar-refractivity contribution in [1.29, 1.82) is 0 Å². The van der Waals surface area contributed by atoms with Crippen LogP contribution in [0.15, 0.2) is 42.5 Å². The molecule has 2 aromatic carbocycles. The Labute approximate surface area is 117 Å². The average molecular weight is 357 g/mol. The fourth-order valence-electron chi connectivity index (χ4n) is 1.50. The van der Waals surface area contributed by atoms with Crippen molar-refractivity contribution in [2.45, 2.75) is 0 Å². The second kappa shape index (κ2) is 5.34. The number of aromatic carboxylic acids is 1. The molecule has 2 N–H and O–H groups in total. The van der Waals surface area contributed by atoms with E-state index in [1.165, 1.54) is 18.2 Å². The summed E-state index contributed by atoms with van der Waals surface area (Å²) in [6.07, 6.45) is 0. The zero-order valence-corrected chi connectivity index (χ0v) is 11.3. The van der Waals surface area contributed by atoms with Gasteiger partial charge in [0.05, 0.1) is 11.3 Å². The van der Waals surface area contributed by atoms with Crippen LogP contribution in [-0.4, -0.2) is 11.1 Å². The summed E-state index contributed by atoms with van der Waals surface area (Å²) in [6, 6.07) is 10.7. The largest absolute Gasteiger partial charge is 0.478 e. The number of carbonyl (C=O) groups is 1. The lowest BCUT2D eigenvalue weighted by Crippen LogP contribution is -2.03. The van der Waals surface area contributed by atoms with Crippen molar-refractivity contribution in [3.05, 3.63) is 57.4 Å². The maximum absolute atomic E-state index is 12.8. The quantitative estimate of drug-likeness (QED) is 0.820. The molecule has 0 atom stereocenters. The Balaban J connectivity index is 2.35. The molecular formula is C13H9FINO2. The second-order valence-electron chi connectivity index (χ2n) is 3.63. The van der Waals surface area contributed by atoms with Gasteiger partial charge in [-0.25, -0.2) is 9.18 Å². The molecule has 0 spiro atoms. The molecule has 92 valence electrons. The molecule has 5 heteroatoms. The smallest absolute Gasteiger partial charge is 0.337 e. The predicted octanol–water partition coefficient (Wildman–Crippen LogP) is 3.87. The van der Waals surface area contributed by atoms with Crippen LogP contribution in [0.4, 0.5) is 15.8 Å². The van der Waals surface area contributed by atoms with Gasteiger partial charge in [0.1, 0.15) is 5.82 Å². The summed E-state index contributed by atoms with van der Waals surface area (Å²) in [5.41, 5.74) is 1.31. The molecule has 0 fully saturated rings. The molecule has 0 radical (unpaired) electrons. The summed E-state index contributed by atoms with van der Waals surface area (Å²) < 4.78 is 13.7. The third kappa shape index (κ3) is 2.98. The minimum absolute atomic E-state index is 0.180. The van der Waals surface area contributed by atoms with Crippen LogP contribution < -0.4 is 5.32 Å². The Morgan fingerprint density at radius 1 is 1.17 bits per heavy atom. The number of rotatable bonds is 3. The normalized spacial score (nSPS) is 10.1. The molecule has 0 bridgehead atoms. The Morgan fingerprint density at radius 3 is 2.44 bits per heavy atom. The fourth-order valence-corrected chi connectivity index (χ4v) is 1.99. The van der Waals surface area contributed by atoms with E-state index in [4.69, 9.17) is 5.11 Å². The number of hydrogen-bond donors (Lipinski definition) is 2. The van der Waals surface area contributed by atoms with E-state index in [1.54, 1.807) is 24.3 Å². The third-order valence-electron chi connectivity index (χ3n) is 2.34. The summed E-state index contributed by atoms with van der Waals surface area (Å²) in [4.78, 5) is 11.1. The van der Waals surface area contributed by atoms with E-state index in [0.29, 0.717) is 11.4 Å². The first kappa shape index (κ1) is 12.8. The van der Waals surface area contributed by atoms with Gasteiger partial charge >= 0.3 is 5.97 Å². The van der Waals surface area contributed by atoms with Crippen molar-refractivity contribution in [1.82, 2.24) is 0 Å². The minimum atomic E-state index is -1.00. The first-order valence-corrected chi connectivity index (χ1v) is 6.19. The van der Waals surface area contributed by atoms with E-state index in [0.717, 1.165) is 3.57 Å². The van der Waals surface area contributed by atoms with Gasteiger partial charge in [-0.1, -0.05) is 0 Å². The van der Waals surface area contributed by atoms with Crippen molar-refractivity contribution in [3.63, 3.8) is 0 Å². The molecular weight excluding hydrogens is 348 g/mol. The third-order valence-corrected chi connectivity index (χ3v) is 3.01. The van der Waals surface area contributed by atoms with Crippen LogP contribution in [0.5, 0.6) is 0 Å². The summed E-state index contributed by atoms with van der Waals surface area (Å²) in [6.45, 7) is 0. The monoisotopic (exact) mass is 357 g/mol. The maximum atomic E-state index is 12.8. The molecule has 2 rings (SSSR count). The van der Waals surface area contributed by atoms with Gasteiger partial charge in [-0.3, -0.25) is 0 Å². The van der Waals surface area contributed by atoms with E-state index in [-0.39, 0.29) is 11.4 Å². The number of carboxylic acid groups (broad SMARTS) is 1. The highest BCUT2D eigenvalue weighted by molar-refractivity contribution is 14.1. The maximum Gasteiger partial charge on any atom is 0.337 e. The molecule has 0 aliphatic rings. The van der Waals surface area contributed by atoms with Crippen LogP contribution in [0.3, 0.4) is 0 Å². The molecule has 0 unspecified atom stereocenters. The fraction of sp³-hybridized carbons (Fsp3) is 0. The Hall–Kier alpha value is -1.63. The lowest BCUT2D eigenvalue weighted by molar-refractivity contribution is 0.0698. The van der Waals surface area contributed by atoms with Gasteiger partial charge in [0.25, 0.3) is 0 Å². The van der Waals surface area contributed by atoms with E-state index >= 15 is 0 Å². The van der Waals surface area contributed by atoms with Gasteiger partial charge in [0.15, 0.2) is 0 Å². The number of hydrogen-bond acceptors (Lipinski definition) is 2. The molecule has 0 heterocycles. The van der Waals surface area contributed by atoms with Crippen molar-refractivity contribution < 1.29 is 14.3 Å². The van der Waals surface area contributed by atoms with E-state index < -0.39 is 5.97 Å². The summed E-state index contributed by atoms with van der Waals surface area (Å²) >= 11 is 2.10. The van der Waals surface area contributed by atoms with E-state index in [1.807, 2.05) is 0 Å². The predicted molar refractivity (Wildman–Crippen MR) is 75.8 cm³/mol. The summed E-state index contributed by atoms with van der Waals surface area (Å²) in [5, 5.41) is 12.0. The number of anilines is 2. The van der Waals surface area contributed by atoms with Gasteiger partial charge in [-0.15, -0.1) is 0 Å². The molecule has 2 aromatic rings. The summed E-state index contributed by atoms with van der Waals surface area (Å²) in [7, 11) is 0. The van der Waals surface area contributed by atoms with Gasteiger partial charge < -0.3 is 10.4 Å². The van der Waals surface area contributed by atoms with Crippen LogP contribution in [-0.2, 0) is 0 Å². The highest BCUT2D eigenvalue weighted by atomic mass is 127. The number of benzene rings is 2. The van der Waals surface area contributed by atoms with Crippen molar-refractivity contribution in [2.75, 3.05) is 5.32 Å². The molecule has 0 aliphatic heterocycles. The zero-order valence-electron chi connectivity index (χ0n) is 9.15. The highest BCUT2D eigenvalue weighted by Gasteiger charge is 2.10. The van der Waals surface area contributed by atoms with Crippen LogP contribution in [0.2, 0.25) is 0 Å². The SMILES string of the molecule is O=C(O)c1ccc(I)cc1Nc1ccc(F)cc1. The Bertz CT molecular complexity index is 584. The van der Waals surface area contributed by atoms with Crippen molar-refractivity contribution in [2.24, 2.45) is 0 Å². The number of nitrogens with one attached hydrogen (secondary N) is 1. The first-order valence-electron chi connectivity index (χ1n) is 5.12. The Kier molecular flexibility index (Phi) is 3.81. The highest BCUT2D eigenvalue weighted by Crippen LogP contribution is 2.23. The van der Waals surface area contributed by atoms with Crippen LogP contribution in [0, 0.1) is 9.39 Å². The van der Waals surface area contributed by atoms with Gasteiger partial charge in [0, 0.05) is 9.26 Å². The van der Waals surface area contributed by atoms with Gasteiger partial charge in [-0.2, -0.15) is 0 Å². The van der Waals surface area contributed by atoms with E-state index in [2.05, 4.69) is 27.9 Å². The molecule has 0 aliphatic carbocycles. The number of carboxylic acids is 1. The Morgan fingerprint density at radius 2 is 1.83 bits per heavy atom. The van der Waals surface area contributed by atoms with Gasteiger partial charge in [-0.05, 0) is 65.1 Å². The molecule has 0 saturated carbocycles. The lowest BCUT2D eigenvalue weighted by Gasteiger charge is -2.10. The molecule has 18 heavy (non-hydrogen) atoms. The minimum Gasteiger partial charge on any atom is -0.478 e. The van der Waals surface area contributed by atoms with Crippen LogP contribution in [0.25, 0.3) is 0 Å².